The van der Waals surface area contributed by atoms with Crippen molar-refractivity contribution in [2.24, 2.45) is 5.92 Å². The molecule has 0 bridgehead atoms. The van der Waals surface area contributed by atoms with Crippen LogP contribution < -0.4 is 14.2 Å². The summed E-state index contributed by atoms with van der Waals surface area (Å²) < 4.78 is 17.4. The van der Waals surface area contributed by atoms with Crippen LogP contribution in [0.1, 0.15) is 30.0 Å². The molecule has 2 aromatic rings. The molecule has 1 heterocycles. The fourth-order valence-corrected chi connectivity index (χ4v) is 4.72. The third-order valence-electron chi connectivity index (χ3n) is 5.45. The highest BCUT2D eigenvalue weighted by atomic mass is 79.9. The number of hydrogen-bond acceptors (Lipinski definition) is 5. The van der Waals surface area contributed by atoms with Crippen LogP contribution in [0.3, 0.4) is 0 Å². The predicted molar refractivity (Wildman–Crippen MR) is 119 cm³/mol. The lowest BCUT2D eigenvalue weighted by Gasteiger charge is -2.38. The molecule has 6 nitrogen and oxygen atoms in total. The van der Waals surface area contributed by atoms with Crippen molar-refractivity contribution >= 4 is 33.5 Å². The summed E-state index contributed by atoms with van der Waals surface area (Å²) in [5, 5.41) is 10.2. The van der Waals surface area contributed by atoms with Crippen LogP contribution in [0.25, 0.3) is 0 Å². The lowest BCUT2D eigenvalue weighted by molar-refractivity contribution is -0.143. The number of nitrogens with zero attached hydrogens (tertiary/aromatic N) is 1. The summed E-state index contributed by atoms with van der Waals surface area (Å²) in [6, 6.07) is 8.97. The Balaban J connectivity index is 2.18. The molecule has 1 aliphatic rings. The Morgan fingerprint density at radius 2 is 1.77 bits per heavy atom. The first-order valence-electron chi connectivity index (χ1n) is 9.61. The molecular weight excluding hydrogens is 474 g/mol. The zero-order valence-electron chi connectivity index (χ0n) is 17.2. The summed E-state index contributed by atoms with van der Waals surface area (Å²) in [4.78, 5) is 13.9. The van der Waals surface area contributed by atoms with E-state index in [9.17, 15) is 9.90 Å². The Labute approximate surface area is 189 Å². The quantitative estimate of drug-likeness (QED) is 0.578. The number of aliphatic carboxylic acids is 1. The van der Waals surface area contributed by atoms with Gasteiger partial charge in [0.1, 0.15) is 5.75 Å². The van der Waals surface area contributed by atoms with E-state index < -0.39 is 11.9 Å². The number of methoxy groups -OCH3 is 3. The molecule has 1 aliphatic heterocycles. The standard InChI is InChI=1S/C22H25BrClNO5/c1-28-18-7-6-14(24)9-16(18)21(25-8-4-5-13(12-25)22(26)27)15-10-19(29-2)20(30-3)11-17(15)23/h6-7,9-11,13,21H,4-5,8,12H2,1-3H3,(H,26,27). The number of piperidine rings is 1. The molecule has 1 N–H and O–H groups in total. The number of carboxylic acids is 1. The van der Waals surface area contributed by atoms with Gasteiger partial charge >= 0.3 is 5.97 Å². The van der Waals surface area contributed by atoms with E-state index in [0.29, 0.717) is 35.2 Å². The average Bonchev–Trinajstić information content (AvgIpc) is 2.75. The van der Waals surface area contributed by atoms with Gasteiger partial charge in [-0.3, -0.25) is 9.69 Å². The zero-order chi connectivity index (χ0) is 21.8. The second-order valence-corrected chi connectivity index (χ2v) is 8.48. The summed E-state index contributed by atoms with van der Waals surface area (Å²) in [6.45, 7) is 1.18. The molecule has 2 atom stereocenters. The fraction of sp³-hybridized carbons (Fsp3) is 0.409. The lowest BCUT2D eigenvalue weighted by atomic mass is 9.90. The van der Waals surface area contributed by atoms with Gasteiger partial charge < -0.3 is 19.3 Å². The van der Waals surface area contributed by atoms with E-state index in [4.69, 9.17) is 25.8 Å². The molecule has 3 rings (SSSR count). The molecule has 0 saturated carbocycles. The summed E-state index contributed by atoms with van der Waals surface area (Å²) in [7, 11) is 4.79. The fourth-order valence-electron chi connectivity index (χ4n) is 4.00. The van der Waals surface area contributed by atoms with E-state index in [1.165, 1.54) is 0 Å². The molecule has 0 radical (unpaired) electrons. The summed E-state index contributed by atoms with van der Waals surface area (Å²) >= 11 is 10.0. The molecule has 0 aromatic heterocycles. The van der Waals surface area contributed by atoms with Gasteiger partial charge in [0.2, 0.25) is 0 Å². The Kier molecular flexibility index (Phi) is 7.50. The van der Waals surface area contributed by atoms with Crippen molar-refractivity contribution in [1.29, 1.82) is 0 Å². The third kappa shape index (κ3) is 4.68. The van der Waals surface area contributed by atoms with Crippen LogP contribution in [-0.2, 0) is 4.79 Å². The van der Waals surface area contributed by atoms with Gasteiger partial charge in [0.15, 0.2) is 11.5 Å². The SMILES string of the molecule is COc1cc(Br)c(C(c2cc(Cl)ccc2OC)N2CCCC(C(=O)O)C2)cc1OC. The van der Waals surface area contributed by atoms with Gasteiger partial charge in [0, 0.05) is 21.6 Å². The van der Waals surface area contributed by atoms with Gasteiger partial charge in [-0.2, -0.15) is 0 Å². The van der Waals surface area contributed by atoms with Crippen molar-refractivity contribution in [1.82, 2.24) is 4.90 Å². The number of hydrogen-bond donors (Lipinski definition) is 1. The first-order chi connectivity index (χ1) is 14.4. The number of halogens is 2. The van der Waals surface area contributed by atoms with Crippen molar-refractivity contribution in [2.75, 3.05) is 34.4 Å². The molecule has 0 aliphatic carbocycles. The minimum absolute atomic E-state index is 0.282. The summed E-state index contributed by atoms with van der Waals surface area (Å²) in [5.74, 6) is 0.678. The topological polar surface area (TPSA) is 68.2 Å². The Morgan fingerprint density at radius 1 is 1.10 bits per heavy atom. The van der Waals surface area contributed by atoms with E-state index in [2.05, 4.69) is 20.8 Å². The van der Waals surface area contributed by atoms with Crippen molar-refractivity contribution in [3.63, 3.8) is 0 Å². The van der Waals surface area contributed by atoms with Crippen LogP contribution in [0, 0.1) is 5.92 Å². The number of rotatable bonds is 7. The number of benzene rings is 2. The molecule has 8 heteroatoms. The maximum atomic E-state index is 11.7. The minimum atomic E-state index is -0.775. The lowest BCUT2D eigenvalue weighted by Crippen LogP contribution is -2.41. The molecule has 1 saturated heterocycles. The van der Waals surface area contributed by atoms with Crippen molar-refractivity contribution < 1.29 is 24.1 Å². The molecule has 2 unspecified atom stereocenters. The van der Waals surface area contributed by atoms with Gasteiger partial charge in [-0.15, -0.1) is 0 Å². The first kappa shape index (κ1) is 22.7. The van der Waals surface area contributed by atoms with Crippen molar-refractivity contribution in [3.8, 4) is 17.2 Å². The third-order valence-corrected chi connectivity index (χ3v) is 6.37. The number of ether oxygens (including phenoxy) is 3. The molecular formula is C22H25BrClNO5. The molecule has 30 heavy (non-hydrogen) atoms. The van der Waals surface area contributed by atoms with Gasteiger partial charge in [-0.1, -0.05) is 27.5 Å². The Bertz CT molecular complexity index is 923. The molecule has 0 amide bonds. The smallest absolute Gasteiger partial charge is 0.307 e. The van der Waals surface area contributed by atoms with Crippen molar-refractivity contribution in [2.45, 2.75) is 18.9 Å². The summed E-state index contributed by atoms with van der Waals surface area (Å²) in [5.41, 5.74) is 1.78. The highest BCUT2D eigenvalue weighted by Crippen LogP contribution is 2.44. The van der Waals surface area contributed by atoms with Crippen LogP contribution in [-0.4, -0.2) is 50.4 Å². The van der Waals surface area contributed by atoms with E-state index in [1.807, 2.05) is 24.3 Å². The molecule has 2 aromatic carbocycles. The van der Waals surface area contributed by atoms with Gasteiger partial charge in [-0.05, 0) is 55.3 Å². The largest absolute Gasteiger partial charge is 0.496 e. The highest BCUT2D eigenvalue weighted by molar-refractivity contribution is 9.10. The first-order valence-corrected chi connectivity index (χ1v) is 10.8. The van der Waals surface area contributed by atoms with Crippen molar-refractivity contribution in [3.05, 3.63) is 51.0 Å². The zero-order valence-corrected chi connectivity index (χ0v) is 19.5. The normalized spacial score (nSPS) is 18.0. The number of likely N-dealkylation sites (tertiary alicyclic amines) is 1. The second kappa shape index (κ2) is 9.90. The van der Waals surface area contributed by atoms with E-state index >= 15 is 0 Å². The van der Waals surface area contributed by atoms with E-state index in [1.54, 1.807) is 27.4 Å². The van der Waals surface area contributed by atoms with Gasteiger partial charge in [0.05, 0.1) is 33.3 Å². The van der Waals surface area contributed by atoms with Crippen LogP contribution in [0.15, 0.2) is 34.8 Å². The second-order valence-electron chi connectivity index (χ2n) is 7.19. The minimum Gasteiger partial charge on any atom is -0.496 e. The van der Waals surface area contributed by atoms with Crippen LogP contribution in [0.5, 0.6) is 17.2 Å². The Hall–Kier alpha value is -1.96. The average molecular weight is 499 g/mol. The molecule has 0 spiro atoms. The molecule has 1 fully saturated rings. The van der Waals surface area contributed by atoms with E-state index in [-0.39, 0.29) is 6.04 Å². The van der Waals surface area contributed by atoms with Gasteiger partial charge in [0.25, 0.3) is 0 Å². The number of carboxylic acid groups (broad SMARTS) is 1. The predicted octanol–water partition coefficient (Wildman–Crippen LogP) is 5.01. The van der Waals surface area contributed by atoms with Crippen LogP contribution in [0.2, 0.25) is 5.02 Å². The van der Waals surface area contributed by atoms with Crippen LogP contribution >= 0.6 is 27.5 Å². The van der Waals surface area contributed by atoms with Crippen LogP contribution in [0.4, 0.5) is 0 Å². The number of carbonyl (C=O) groups is 1. The van der Waals surface area contributed by atoms with Gasteiger partial charge in [-0.25, -0.2) is 0 Å². The summed E-state index contributed by atoms with van der Waals surface area (Å²) in [6.07, 6.45) is 1.46. The molecule has 162 valence electrons. The van der Waals surface area contributed by atoms with E-state index in [0.717, 1.165) is 28.6 Å². The Morgan fingerprint density at radius 3 is 2.40 bits per heavy atom. The maximum Gasteiger partial charge on any atom is 0.307 e. The highest BCUT2D eigenvalue weighted by Gasteiger charge is 2.34. The monoisotopic (exact) mass is 497 g/mol. The maximum absolute atomic E-state index is 11.7.